The maximum atomic E-state index is 12.9. The highest BCUT2D eigenvalue weighted by Crippen LogP contribution is 2.19. The van der Waals surface area contributed by atoms with E-state index in [9.17, 15) is 14.4 Å². The first-order chi connectivity index (χ1) is 33.2. The van der Waals surface area contributed by atoms with Gasteiger partial charge < -0.3 is 14.2 Å². The molecule has 0 rings (SSSR count). The van der Waals surface area contributed by atoms with Crippen molar-refractivity contribution in [2.24, 2.45) is 11.8 Å². The van der Waals surface area contributed by atoms with Gasteiger partial charge in [0.25, 0.3) is 0 Å². The number of rotatable bonds is 56. The number of ether oxygens (including phenoxy) is 3. The van der Waals surface area contributed by atoms with Gasteiger partial charge in [-0.2, -0.15) is 0 Å². The summed E-state index contributed by atoms with van der Waals surface area (Å²) in [5.74, 6) is 0.868. The molecule has 0 aromatic rings. The summed E-state index contributed by atoms with van der Waals surface area (Å²) in [6, 6.07) is 0. The third-order valence-corrected chi connectivity index (χ3v) is 14.2. The predicted octanol–water partition coefficient (Wildman–Crippen LogP) is 20.4. The Morgan fingerprint density at radius 1 is 0.279 bits per heavy atom. The van der Waals surface area contributed by atoms with Crippen molar-refractivity contribution in [2.75, 3.05) is 13.2 Å². The van der Waals surface area contributed by atoms with Gasteiger partial charge in [0.05, 0.1) is 0 Å². The van der Waals surface area contributed by atoms with Gasteiger partial charge in [0.15, 0.2) is 6.10 Å². The zero-order chi connectivity index (χ0) is 49.6. The first-order valence-electron chi connectivity index (χ1n) is 30.7. The molecule has 0 saturated heterocycles. The van der Waals surface area contributed by atoms with Crippen LogP contribution >= 0.6 is 0 Å². The molecule has 0 unspecified atom stereocenters. The van der Waals surface area contributed by atoms with E-state index in [1.165, 1.54) is 238 Å². The Morgan fingerprint density at radius 2 is 0.485 bits per heavy atom. The molecule has 0 aromatic heterocycles. The fourth-order valence-corrected chi connectivity index (χ4v) is 9.58. The molecule has 0 heterocycles. The van der Waals surface area contributed by atoms with Gasteiger partial charge in [-0.15, -0.1) is 0 Å². The van der Waals surface area contributed by atoms with Gasteiger partial charge in [-0.25, -0.2) is 0 Å². The minimum atomic E-state index is -0.763. The Morgan fingerprint density at radius 3 is 0.721 bits per heavy atom. The van der Waals surface area contributed by atoms with Crippen molar-refractivity contribution in [1.82, 2.24) is 0 Å². The molecule has 6 nitrogen and oxygen atoms in total. The van der Waals surface area contributed by atoms with E-state index in [1.807, 2.05) is 0 Å². The van der Waals surface area contributed by atoms with Crippen LogP contribution in [0.15, 0.2) is 0 Å². The molecular formula is C62H120O6. The standard InChI is InChI=1S/C62H120O6/c1-6-7-8-9-10-11-12-27-32-37-42-47-52-60(63)66-55-59(56-67-61(64)53-48-43-38-33-28-23-20-19-22-26-31-36-41-46-51-58(4)5)68-62(65)54-49-44-39-34-29-24-18-16-14-13-15-17-21-25-30-35-40-45-50-57(2)3/h57-59H,6-56H2,1-5H3/t59-/m0/s1. The van der Waals surface area contributed by atoms with E-state index >= 15 is 0 Å². The molecule has 0 aliphatic carbocycles. The maximum Gasteiger partial charge on any atom is 0.306 e. The Bertz CT molecular complexity index is 1040. The summed E-state index contributed by atoms with van der Waals surface area (Å²) in [6.45, 7) is 11.4. The van der Waals surface area contributed by atoms with Crippen LogP contribution < -0.4 is 0 Å². The van der Waals surface area contributed by atoms with Crippen molar-refractivity contribution < 1.29 is 28.6 Å². The van der Waals surface area contributed by atoms with Crippen molar-refractivity contribution in [1.29, 1.82) is 0 Å². The molecule has 0 amide bonds. The minimum absolute atomic E-state index is 0.0621. The van der Waals surface area contributed by atoms with E-state index in [-0.39, 0.29) is 31.1 Å². The van der Waals surface area contributed by atoms with Crippen molar-refractivity contribution >= 4 is 17.9 Å². The fourth-order valence-electron chi connectivity index (χ4n) is 9.58. The Hall–Kier alpha value is -1.59. The van der Waals surface area contributed by atoms with Crippen LogP contribution in [0.2, 0.25) is 0 Å². The molecule has 1 atom stereocenters. The Labute approximate surface area is 425 Å². The molecule has 68 heavy (non-hydrogen) atoms. The second-order valence-corrected chi connectivity index (χ2v) is 22.3. The third kappa shape index (κ3) is 55.3. The van der Waals surface area contributed by atoms with Crippen LogP contribution in [0.1, 0.15) is 349 Å². The lowest BCUT2D eigenvalue weighted by molar-refractivity contribution is -0.167. The van der Waals surface area contributed by atoms with Crippen LogP contribution in [0.4, 0.5) is 0 Å². The number of esters is 3. The molecule has 0 fully saturated rings. The second kappa shape index (κ2) is 54.7. The minimum Gasteiger partial charge on any atom is -0.462 e. The second-order valence-electron chi connectivity index (χ2n) is 22.3. The summed E-state index contributed by atoms with van der Waals surface area (Å²) in [4.78, 5) is 38.2. The fraction of sp³-hybridized carbons (Fsp3) is 0.952. The molecule has 0 spiro atoms. The molecule has 0 N–H and O–H groups in total. The Balaban J connectivity index is 4.25. The molecule has 0 bridgehead atoms. The quantitative estimate of drug-likeness (QED) is 0.0343. The molecule has 0 aliphatic heterocycles. The highest BCUT2D eigenvalue weighted by molar-refractivity contribution is 5.71. The van der Waals surface area contributed by atoms with Crippen LogP contribution in [0.5, 0.6) is 0 Å². The number of hydrogen-bond acceptors (Lipinski definition) is 6. The average molecular weight is 962 g/mol. The average Bonchev–Trinajstić information content (AvgIpc) is 3.31. The van der Waals surface area contributed by atoms with Crippen LogP contribution in [0.3, 0.4) is 0 Å². The van der Waals surface area contributed by atoms with Crippen LogP contribution in [0, 0.1) is 11.8 Å². The summed E-state index contributed by atoms with van der Waals surface area (Å²) >= 11 is 0. The summed E-state index contributed by atoms with van der Waals surface area (Å²) in [6.07, 6.45) is 59.6. The van der Waals surface area contributed by atoms with Crippen molar-refractivity contribution in [2.45, 2.75) is 355 Å². The molecule has 0 saturated carbocycles. The van der Waals surface area contributed by atoms with E-state index in [2.05, 4.69) is 34.6 Å². The highest BCUT2D eigenvalue weighted by Gasteiger charge is 2.19. The van der Waals surface area contributed by atoms with Gasteiger partial charge in [-0.05, 0) is 31.1 Å². The van der Waals surface area contributed by atoms with Gasteiger partial charge >= 0.3 is 17.9 Å². The van der Waals surface area contributed by atoms with Crippen molar-refractivity contribution in [3.63, 3.8) is 0 Å². The lowest BCUT2D eigenvalue weighted by Crippen LogP contribution is -2.30. The van der Waals surface area contributed by atoms with Crippen LogP contribution in [0.25, 0.3) is 0 Å². The van der Waals surface area contributed by atoms with Gasteiger partial charge in [0.2, 0.25) is 0 Å². The lowest BCUT2D eigenvalue weighted by Gasteiger charge is -2.18. The first-order valence-corrected chi connectivity index (χ1v) is 30.7. The SMILES string of the molecule is CCCCCCCCCCCCCCC(=O)OC[C@@H](COC(=O)CCCCCCCCCCCCCCCCC(C)C)OC(=O)CCCCCCCCCCCCCCCCCCCCC(C)C. The molecular weight excluding hydrogens is 841 g/mol. The van der Waals surface area contributed by atoms with Crippen molar-refractivity contribution in [3.8, 4) is 0 Å². The molecule has 0 aromatic carbocycles. The zero-order valence-corrected chi connectivity index (χ0v) is 46.7. The van der Waals surface area contributed by atoms with Gasteiger partial charge in [-0.1, -0.05) is 311 Å². The first kappa shape index (κ1) is 66.4. The maximum absolute atomic E-state index is 12.9. The van der Waals surface area contributed by atoms with E-state index in [0.717, 1.165) is 69.6 Å². The summed E-state index contributed by atoms with van der Waals surface area (Å²) in [5.41, 5.74) is 0. The predicted molar refractivity (Wildman–Crippen MR) is 293 cm³/mol. The summed E-state index contributed by atoms with van der Waals surface area (Å²) in [5, 5.41) is 0. The van der Waals surface area contributed by atoms with E-state index < -0.39 is 6.10 Å². The third-order valence-electron chi connectivity index (χ3n) is 14.2. The molecule has 0 radical (unpaired) electrons. The Kier molecular flexibility index (Phi) is 53.5. The lowest BCUT2D eigenvalue weighted by atomic mass is 10.0. The van der Waals surface area contributed by atoms with Crippen LogP contribution in [-0.2, 0) is 28.6 Å². The van der Waals surface area contributed by atoms with Crippen molar-refractivity contribution in [3.05, 3.63) is 0 Å². The zero-order valence-electron chi connectivity index (χ0n) is 46.7. The molecule has 404 valence electrons. The van der Waals surface area contributed by atoms with E-state index in [0.29, 0.717) is 19.3 Å². The molecule has 0 aliphatic rings. The van der Waals surface area contributed by atoms with E-state index in [4.69, 9.17) is 14.2 Å². The number of hydrogen-bond donors (Lipinski definition) is 0. The smallest absolute Gasteiger partial charge is 0.306 e. The van der Waals surface area contributed by atoms with Gasteiger partial charge in [-0.3, -0.25) is 14.4 Å². The largest absolute Gasteiger partial charge is 0.462 e. The van der Waals surface area contributed by atoms with Gasteiger partial charge in [0, 0.05) is 19.3 Å². The number of carbonyl (C=O) groups is 3. The van der Waals surface area contributed by atoms with Crippen LogP contribution in [-0.4, -0.2) is 37.2 Å². The number of unbranched alkanes of at least 4 members (excludes halogenated alkanes) is 41. The topological polar surface area (TPSA) is 78.9 Å². The molecule has 6 heteroatoms. The van der Waals surface area contributed by atoms with E-state index in [1.54, 1.807) is 0 Å². The summed E-state index contributed by atoms with van der Waals surface area (Å²) in [7, 11) is 0. The normalized spacial score (nSPS) is 12.0. The summed E-state index contributed by atoms with van der Waals surface area (Å²) < 4.78 is 16.9. The highest BCUT2D eigenvalue weighted by atomic mass is 16.6. The number of carbonyl (C=O) groups excluding carboxylic acids is 3. The monoisotopic (exact) mass is 961 g/mol. The van der Waals surface area contributed by atoms with Gasteiger partial charge in [0.1, 0.15) is 13.2 Å².